The lowest BCUT2D eigenvalue weighted by atomic mass is 9.89. The fourth-order valence-electron chi connectivity index (χ4n) is 12.2. The SMILES string of the molecule is CN[C@H](CC(C)C)C(=O)N[C@H]1C(=O)N[C@@H](CC(N)=O)C(=O)N[C@H]2C(=O)N[C@H]3C(=O)N[C@H](C(=O)N[C@@H](C(=O)O)c4cc(O)cc(O)c4-c4cc3ccc4O)[C@H](O)c3ccc(c(Cl)c3)Oc3cc2cc(c3O[C@@H]2O[C@H](CO)[C@@H](O[C@@H]3O[C@H](CO)[C@@H](O)[C@H](O)[C@H]3O)[C@H](O)[C@H]2O)Oc2ccc(cc2Cl)[C@H]1O. The lowest BCUT2D eigenvalue weighted by molar-refractivity contribution is -0.352. The van der Waals surface area contributed by atoms with Crippen molar-refractivity contribution in [3.8, 4) is 57.1 Å². The number of amides is 7. The average Bonchev–Trinajstić information content (AvgIpc) is 0.769. The van der Waals surface area contributed by atoms with Crippen molar-refractivity contribution >= 4 is 70.5 Å². The van der Waals surface area contributed by atoms with Gasteiger partial charge in [0.15, 0.2) is 23.8 Å². The molecule has 5 aromatic rings. The van der Waals surface area contributed by atoms with Gasteiger partial charge in [0.05, 0.1) is 35.7 Å². The molecule has 11 bridgehead atoms. The fraction of sp³-hybridized carbons (Fsp3) is 0.415. The third-order valence-corrected chi connectivity index (χ3v) is 18.1. The number of phenolic OH excluding ortho intramolecular Hbond substituents is 3. The predicted octanol–water partition coefficient (Wildman–Crippen LogP) is -2.31. The Balaban J connectivity index is 1.20. The van der Waals surface area contributed by atoms with E-state index in [1.165, 1.54) is 13.1 Å². The number of halogens is 2. The highest BCUT2D eigenvalue weighted by atomic mass is 35.5. The zero-order valence-corrected chi connectivity index (χ0v) is 55.3. The Hall–Kier alpha value is -9.28. The van der Waals surface area contributed by atoms with Gasteiger partial charge < -0.3 is 138 Å². The number of rotatable bonds is 14. The molecule has 0 unspecified atom stereocenters. The molecule has 7 heterocycles. The van der Waals surface area contributed by atoms with Crippen LogP contribution < -0.4 is 57.2 Å². The molecule has 2 saturated heterocycles. The van der Waals surface area contributed by atoms with Gasteiger partial charge in [-0.15, -0.1) is 0 Å². The quantitative estimate of drug-likeness (QED) is 0.0555. The fourth-order valence-corrected chi connectivity index (χ4v) is 12.7. The molecule has 2 fully saturated rings. The number of hydrogen-bond acceptors (Lipinski definition) is 27. The van der Waals surface area contributed by atoms with E-state index in [2.05, 4.69) is 37.2 Å². The Morgan fingerprint density at radius 1 is 0.608 bits per heavy atom. The van der Waals surface area contributed by atoms with Gasteiger partial charge in [-0.2, -0.15) is 0 Å². The number of aliphatic hydroxyl groups is 9. The van der Waals surface area contributed by atoms with Crippen molar-refractivity contribution in [3.05, 3.63) is 117 Å². The second-order valence-corrected chi connectivity index (χ2v) is 25.8. The molecule has 7 amide bonds. The minimum atomic E-state index is -2.38. The van der Waals surface area contributed by atoms with E-state index in [0.29, 0.717) is 0 Å². The van der Waals surface area contributed by atoms with Gasteiger partial charge in [0.2, 0.25) is 53.4 Å². The summed E-state index contributed by atoms with van der Waals surface area (Å²) in [7, 11) is 1.46. The molecule has 5 aromatic carbocycles. The van der Waals surface area contributed by atoms with E-state index in [9.17, 15) is 90.4 Å². The lowest BCUT2D eigenvalue weighted by Crippen LogP contribution is -2.65. The molecule has 102 heavy (non-hydrogen) atoms. The Kier molecular flexibility index (Phi) is 23.0. The summed E-state index contributed by atoms with van der Waals surface area (Å²) in [4.78, 5) is 116. The highest BCUT2D eigenvalue weighted by Crippen LogP contribution is 2.50. The van der Waals surface area contributed by atoms with Gasteiger partial charge in [0.25, 0.3) is 0 Å². The zero-order chi connectivity index (χ0) is 74.2. The van der Waals surface area contributed by atoms with Crippen molar-refractivity contribution in [1.82, 2.24) is 37.2 Å². The number of likely N-dealkylation sites (N-methyl/N-ethyl adjacent to an activating group) is 1. The molecule has 0 radical (unpaired) electrons. The number of nitrogens with two attached hydrogens (primary N) is 1. The summed E-state index contributed by atoms with van der Waals surface area (Å²) in [6.07, 6.45) is -25.3. The summed E-state index contributed by atoms with van der Waals surface area (Å²) in [5.41, 5.74) is 2.66. The maximum Gasteiger partial charge on any atom is 0.330 e. The third-order valence-electron chi connectivity index (χ3n) is 17.5. The summed E-state index contributed by atoms with van der Waals surface area (Å²) in [6.45, 7) is 1.59. The van der Waals surface area contributed by atoms with Crippen LogP contribution in [0.4, 0.5) is 0 Å². The van der Waals surface area contributed by atoms with Crippen LogP contribution in [-0.2, 0) is 52.6 Å². The van der Waals surface area contributed by atoms with Gasteiger partial charge in [-0.3, -0.25) is 33.6 Å². The van der Waals surface area contributed by atoms with E-state index in [1.807, 2.05) is 0 Å². The number of phenols is 3. The molecule has 22 N–H and O–H groups in total. The number of aliphatic hydroxyl groups excluding tert-OH is 9. The molecule has 35 nitrogen and oxygen atoms in total. The first-order chi connectivity index (χ1) is 48.3. The van der Waals surface area contributed by atoms with Crippen molar-refractivity contribution in [2.75, 3.05) is 20.3 Å². The number of carbonyl (C=O) groups excluding carboxylic acids is 7. The molecule has 7 aliphatic rings. The predicted molar refractivity (Wildman–Crippen MR) is 346 cm³/mol. The summed E-state index contributed by atoms with van der Waals surface area (Å²) in [6, 6.07) is -1.36. The van der Waals surface area contributed by atoms with E-state index in [1.54, 1.807) is 13.8 Å². The van der Waals surface area contributed by atoms with Gasteiger partial charge >= 0.3 is 5.97 Å². The number of primary amides is 1. The highest BCUT2D eigenvalue weighted by Gasteiger charge is 2.52. The van der Waals surface area contributed by atoms with Crippen molar-refractivity contribution in [2.45, 2.75) is 143 Å². The minimum absolute atomic E-state index is 0.113. The minimum Gasteiger partial charge on any atom is -0.508 e. The van der Waals surface area contributed by atoms with E-state index in [0.717, 1.165) is 72.8 Å². The van der Waals surface area contributed by atoms with Crippen LogP contribution in [0.3, 0.4) is 0 Å². The maximum absolute atomic E-state index is 15.9. The van der Waals surface area contributed by atoms with Crippen LogP contribution >= 0.6 is 23.2 Å². The first-order valence-corrected chi connectivity index (χ1v) is 32.2. The van der Waals surface area contributed by atoms with Crippen LogP contribution in [0.15, 0.2) is 78.9 Å². The Labute approximate surface area is 586 Å². The number of aromatic hydroxyl groups is 3. The number of carboxylic acid groups (broad SMARTS) is 1. The average molecular weight is 1470 g/mol. The molecular weight excluding hydrogens is 1400 g/mol. The molecule has 548 valence electrons. The van der Waals surface area contributed by atoms with Crippen LogP contribution in [0.2, 0.25) is 10.0 Å². The van der Waals surface area contributed by atoms with Crippen molar-refractivity contribution in [1.29, 1.82) is 0 Å². The maximum atomic E-state index is 15.9. The molecule has 19 atom stereocenters. The standard InChI is InChI=1S/C65H72Cl2N8O27/c1-21(2)10-31(69-3)57(89)74-46-48(82)23-5-8-35(29(66)12-23)97-37-14-25-15-38(55(37)101-65-54(88)52(86)56(40(20-77)100-65)102-64-53(87)51(85)50(84)39(19-76)99-64)98-36-9-6-24(13-30(36)67)49(83)47-62(94)73-45(63(95)96)28-16-26(78)17-34(80)42(28)27-11-22(4-7-33(27)79)43(59(91)75-47)72-60(92)44(25)71-58(90)32(18-41(68)81)70-61(46)93/h4-9,11-17,21,31-32,39-40,43-54,56,64-65,69,76-80,82-88H,10,18-20H2,1-3H3,(H2,68,81)(H,70,93)(H,71,90)(H,72,92)(H,73,94)(H,74,89)(H,75,91)(H,95,96)/t31-,32+,39-,40-,43-,44-,45-,46-,47+,48-,49-,50-,51+,52-,53-,54-,56-,64+,65+/m1/s1. The Bertz CT molecular complexity index is 4080. The monoisotopic (exact) mass is 1470 g/mol. The van der Waals surface area contributed by atoms with Crippen molar-refractivity contribution < 1.29 is 133 Å². The van der Waals surface area contributed by atoms with Gasteiger partial charge in [-0.05, 0) is 96.2 Å². The normalized spacial score (nSPS) is 29.3. The summed E-state index contributed by atoms with van der Waals surface area (Å²) >= 11 is 14.0. The van der Waals surface area contributed by atoms with Crippen LogP contribution in [0.25, 0.3) is 11.1 Å². The number of fused-ring (bicyclic) bond motifs is 15. The van der Waals surface area contributed by atoms with Gasteiger partial charge in [-0.25, -0.2) is 4.79 Å². The molecule has 0 spiro atoms. The molecule has 37 heteroatoms. The number of ether oxygens (including phenoxy) is 6. The van der Waals surface area contributed by atoms with Gasteiger partial charge in [-0.1, -0.05) is 55.2 Å². The van der Waals surface area contributed by atoms with Gasteiger partial charge in [0.1, 0.15) is 120 Å². The second-order valence-electron chi connectivity index (χ2n) is 25.0. The number of nitrogens with one attached hydrogen (secondary N) is 7. The lowest BCUT2D eigenvalue weighted by Gasteiger charge is -2.45. The molecular formula is C65H72Cl2N8O27. The first kappa shape index (κ1) is 75.4. The number of hydrogen-bond donors (Lipinski definition) is 21. The van der Waals surface area contributed by atoms with E-state index >= 15 is 14.4 Å². The molecule has 0 aliphatic carbocycles. The van der Waals surface area contributed by atoms with Crippen molar-refractivity contribution in [3.63, 3.8) is 0 Å². The summed E-state index contributed by atoms with van der Waals surface area (Å²) in [5.74, 6) is -16.6. The first-order valence-electron chi connectivity index (χ1n) is 31.4. The Morgan fingerprint density at radius 3 is 1.77 bits per heavy atom. The van der Waals surface area contributed by atoms with Crippen LogP contribution in [-0.4, -0.2) is 220 Å². The zero-order valence-electron chi connectivity index (χ0n) is 53.7. The van der Waals surface area contributed by atoms with Crippen molar-refractivity contribution in [2.24, 2.45) is 11.7 Å². The smallest absolute Gasteiger partial charge is 0.330 e. The van der Waals surface area contributed by atoms with Crippen LogP contribution in [0.1, 0.15) is 84.8 Å². The van der Waals surface area contributed by atoms with E-state index in [-0.39, 0.29) is 29.0 Å². The summed E-state index contributed by atoms with van der Waals surface area (Å²) < 4.78 is 36.6. The molecule has 0 aromatic heterocycles. The third kappa shape index (κ3) is 15.7. The topological polar surface area (TPSA) is 565 Å². The molecule has 7 aliphatic heterocycles. The highest BCUT2D eigenvalue weighted by molar-refractivity contribution is 6.32. The largest absolute Gasteiger partial charge is 0.508 e. The summed E-state index contributed by atoms with van der Waals surface area (Å²) in [5, 5.41) is 162. The number of carbonyl (C=O) groups is 8. The van der Waals surface area contributed by atoms with Gasteiger partial charge in [0, 0.05) is 22.8 Å². The number of carboxylic acids is 1. The number of aliphatic carboxylic acids is 1. The molecule has 12 rings (SSSR count). The second kappa shape index (κ2) is 31.1. The van der Waals surface area contributed by atoms with E-state index in [4.69, 9.17) is 57.4 Å². The molecule has 0 saturated carbocycles. The number of benzene rings is 5. The van der Waals surface area contributed by atoms with Crippen LogP contribution in [0.5, 0.6) is 46.0 Å². The Morgan fingerprint density at radius 2 is 1.19 bits per heavy atom. The van der Waals surface area contributed by atoms with Crippen LogP contribution in [0, 0.1) is 5.92 Å². The van der Waals surface area contributed by atoms with E-state index < -0.39 is 261 Å².